The molecule has 0 aliphatic carbocycles. The van der Waals surface area contributed by atoms with Crippen LogP contribution in [0.5, 0.6) is 11.5 Å². The van der Waals surface area contributed by atoms with Crippen molar-refractivity contribution in [3.8, 4) is 11.5 Å². The second-order valence-corrected chi connectivity index (χ2v) is 15.4. The van der Waals surface area contributed by atoms with Crippen LogP contribution in [0.2, 0.25) is 0 Å². The Morgan fingerprint density at radius 2 is 1.33 bits per heavy atom. The van der Waals surface area contributed by atoms with Crippen molar-refractivity contribution in [2.75, 3.05) is 6.61 Å². The van der Waals surface area contributed by atoms with Gasteiger partial charge < -0.3 is 33.2 Å². The quantitative estimate of drug-likeness (QED) is 0.103. The number of carbonyl (C=O) groups is 4. The van der Waals surface area contributed by atoms with Gasteiger partial charge in [-0.25, -0.2) is 0 Å². The summed E-state index contributed by atoms with van der Waals surface area (Å²) in [7, 11) is 0. The molecule has 2 aliphatic heterocycles. The van der Waals surface area contributed by atoms with E-state index in [1.165, 1.54) is 72.6 Å². The zero-order valence-electron chi connectivity index (χ0n) is 32.3. The molecule has 51 heavy (non-hydrogen) atoms. The van der Waals surface area contributed by atoms with Crippen LogP contribution in [0.15, 0.2) is 18.2 Å². The molecule has 2 heterocycles. The maximum absolute atomic E-state index is 12.2. The zero-order chi connectivity index (χ0) is 37.7. The van der Waals surface area contributed by atoms with Crippen molar-refractivity contribution in [2.24, 2.45) is 17.8 Å². The number of hydrogen-bond acceptors (Lipinski definition) is 11. The summed E-state index contributed by atoms with van der Waals surface area (Å²) in [5, 5.41) is 0. The van der Waals surface area contributed by atoms with Crippen molar-refractivity contribution in [3.05, 3.63) is 23.8 Å². The summed E-state index contributed by atoms with van der Waals surface area (Å²) in [6, 6.07) is 5.46. The molecule has 0 N–H and O–H groups in total. The summed E-state index contributed by atoms with van der Waals surface area (Å²) in [5.74, 6) is 0.813. The average Bonchev–Trinajstić information content (AvgIpc) is 3.02. The van der Waals surface area contributed by atoms with Crippen LogP contribution in [-0.4, -0.2) is 66.8 Å². The van der Waals surface area contributed by atoms with E-state index in [4.69, 9.17) is 33.2 Å². The van der Waals surface area contributed by atoms with Crippen molar-refractivity contribution in [2.45, 2.75) is 169 Å². The second kappa shape index (κ2) is 20.0. The summed E-state index contributed by atoms with van der Waals surface area (Å²) in [4.78, 5) is 48.0. The van der Waals surface area contributed by atoms with Crippen molar-refractivity contribution in [3.63, 3.8) is 0 Å². The van der Waals surface area contributed by atoms with Crippen LogP contribution in [-0.2, 0) is 49.3 Å². The fourth-order valence-corrected chi connectivity index (χ4v) is 7.04. The third kappa shape index (κ3) is 14.3. The first kappa shape index (κ1) is 42.1. The third-order valence-electron chi connectivity index (χ3n) is 9.79. The largest absolute Gasteiger partial charge is 0.487 e. The highest BCUT2D eigenvalue weighted by atomic mass is 16.7. The number of carbonyl (C=O) groups excluding carboxylic acids is 4. The van der Waals surface area contributed by atoms with E-state index in [-0.39, 0.29) is 12.2 Å². The molecule has 288 valence electrons. The molecule has 2 aliphatic rings. The Hall–Kier alpha value is -3.34. The monoisotopic (exact) mass is 718 g/mol. The Morgan fingerprint density at radius 1 is 0.765 bits per heavy atom. The molecule has 0 bridgehead atoms. The standard InChI is InChI=1S/C40H62O11/c1-25(2)13-10-14-26(3)15-11-16-27(4)17-12-21-40(9)22-20-32-23-33(18-19-34(32)51-40)49-39-38(48-31(8)44)37(47-30(7)43)36(46-29(6)42)35(50-39)24-45-28(5)41/h18-19,23,25-27,35-39H,10-17,20-22,24H2,1-9H3/t26-,27-,35-,36-,37+,38-,39-,40?/m1/s1. The Labute approximate surface area is 304 Å². The van der Waals surface area contributed by atoms with E-state index in [1.807, 2.05) is 12.1 Å². The normalized spacial score (nSPS) is 25.5. The lowest BCUT2D eigenvalue weighted by Crippen LogP contribution is -2.63. The fraction of sp³-hybridized carbons (Fsp3) is 0.750. The summed E-state index contributed by atoms with van der Waals surface area (Å²) in [5.41, 5.74) is 0.700. The van der Waals surface area contributed by atoms with E-state index in [2.05, 4.69) is 34.6 Å². The van der Waals surface area contributed by atoms with Gasteiger partial charge in [0, 0.05) is 27.7 Å². The minimum Gasteiger partial charge on any atom is -0.487 e. The van der Waals surface area contributed by atoms with Gasteiger partial charge in [0.15, 0.2) is 12.2 Å². The Balaban J connectivity index is 1.63. The van der Waals surface area contributed by atoms with E-state index in [9.17, 15) is 19.2 Å². The van der Waals surface area contributed by atoms with Gasteiger partial charge in [-0.15, -0.1) is 0 Å². The Kier molecular flexibility index (Phi) is 16.5. The van der Waals surface area contributed by atoms with E-state index in [0.29, 0.717) is 11.7 Å². The van der Waals surface area contributed by atoms with Gasteiger partial charge in [0.05, 0.1) is 0 Å². The van der Waals surface area contributed by atoms with Gasteiger partial charge in [-0.1, -0.05) is 72.6 Å². The minimum atomic E-state index is -1.31. The number of esters is 4. The minimum absolute atomic E-state index is 0.264. The summed E-state index contributed by atoms with van der Waals surface area (Å²) in [6.07, 6.45) is 6.57. The van der Waals surface area contributed by atoms with Gasteiger partial charge in [0.25, 0.3) is 0 Å². The van der Waals surface area contributed by atoms with Crippen molar-refractivity contribution in [1.82, 2.24) is 0 Å². The van der Waals surface area contributed by atoms with E-state index >= 15 is 0 Å². The number of benzene rings is 1. The van der Waals surface area contributed by atoms with Crippen LogP contribution in [0, 0.1) is 17.8 Å². The molecule has 0 amide bonds. The molecule has 8 atom stereocenters. The number of ether oxygens (including phenoxy) is 7. The first-order chi connectivity index (χ1) is 24.0. The predicted octanol–water partition coefficient (Wildman–Crippen LogP) is 7.67. The summed E-state index contributed by atoms with van der Waals surface area (Å²) in [6.45, 7) is 16.0. The number of aryl methyl sites for hydroxylation is 1. The third-order valence-corrected chi connectivity index (χ3v) is 9.79. The summed E-state index contributed by atoms with van der Waals surface area (Å²) >= 11 is 0. The van der Waals surface area contributed by atoms with Crippen LogP contribution in [0.1, 0.15) is 132 Å². The highest BCUT2D eigenvalue weighted by Gasteiger charge is 2.53. The molecular weight excluding hydrogens is 656 g/mol. The average molecular weight is 719 g/mol. The van der Waals surface area contributed by atoms with Gasteiger partial charge in [-0.3, -0.25) is 19.2 Å². The predicted molar refractivity (Wildman–Crippen MR) is 191 cm³/mol. The van der Waals surface area contributed by atoms with Gasteiger partial charge in [0.2, 0.25) is 12.4 Å². The van der Waals surface area contributed by atoms with Gasteiger partial charge in [-0.2, -0.15) is 0 Å². The highest BCUT2D eigenvalue weighted by molar-refractivity contribution is 5.68. The lowest BCUT2D eigenvalue weighted by Gasteiger charge is -2.44. The molecule has 1 unspecified atom stereocenters. The van der Waals surface area contributed by atoms with Crippen LogP contribution in [0.25, 0.3) is 0 Å². The molecule has 1 aromatic rings. The lowest BCUT2D eigenvalue weighted by molar-refractivity contribution is -0.288. The van der Waals surface area contributed by atoms with E-state index < -0.39 is 54.6 Å². The Morgan fingerprint density at radius 3 is 1.92 bits per heavy atom. The SMILES string of the molecule is CC(=O)OC[C@H]1O[C@@H](Oc2ccc3c(c2)CCC(C)(CCC[C@H](C)CCC[C@H](C)CCCC(C)C)O3)[C@H](OC(C)=O)[C@@H](OC(C)=O)[C@@H]1OC(C)=O. The Bertz CT molecular complexity index is 1290. The topological polar surface area (TPSA) is 133 Å². The van der Waals surface area contributed by atoms with Crippen LogP contribution in [0.3, 0.4) is 0 Å². The molecule has 11 nitrogen and oxygen atoms in total. The smallest absolute Gasteiger partial charge is 0.303 e. The van der Waals surface area contributed by atoms with Crippen LogP contribution >= 0.6 is 0 Å². The van der Waals surface area contributed by atoms with Gasteiger partial charge >= 0.3 is 23.9 Å². The first-order valence-electron chi connectivity index (χ1n) is 18.8. The highest BCUT2D eigenvalue weighted by Crippen LogP contribution is 2.39. The van der Waals surface area contributed by atoms with E-state index in [0.717, 1.165) is 48.8 Å². The fourth-order valence-electron chi connectivity index (χ4n) is 7.04. The molecule has 3 rings (SSSR count). The molecule has 1 fully saturated rings. The molecule has 11 heteroatoms. The molecule has 0 saturated carbocycles. The van der Waals surface area contributed by atoms with E-state index in [1.54, 1.807) is 6.07 Å². The molecule has 0 aromatic heterocycles. The number of fused-ring (bicyclic) bond motifs is 1. The maximum atomic E-state index is 12.2. The van der Waals surface area contributed by atoms with Crippen molar-refractivity contribution in [1.29, 1.82) is 0 Å². The van der Waals surface area contributed by atoms with Crippen LogP contribution < -0.4 is 9.47 Å². The molecule has 1 aromatic carbocycles. The van der Waals surface area contributed by atoms with Crippen molar-refractivity contribution >= 4 is 23.9 Å². The molecular formula is C40H62O11. The van der Waals surface area contributed by atoms with Crippen LogP contribution in [0.4, 0.5) is 0 Å². The van der Waals surface area contributed by atoms with Crippen molar-refractivity contribution < 1.29 is 52.3 Å². The van der Waals surface area contributed by atoms with Gasteiger partial charge in [0.1, 0.15) is 29.8 Å². The van der Waals surface area contributed by atoms with Gasteiger partial charge in [-0.05, 0) is 74.1 Å². The maximum Gasteiger partial charge on any atom is 0.303 e. The summed E-state index contributed by atoms with van der Waals surface area (Å²) < 4.78 is 40.5. The zero-order valence-corrected chi connectivity index (χ0v) is 32.3. The molecule has 1 saturated heterocycles. The lowest BCUT2D eigenvalue weighted by atomic mass is 9.86. The first-order valence-corrected chi connectivity index (χ1v) is 18.8. The number of hydrogen-bond donors (Lipinski definition) is 0. The second-order valence-electron chi connectivity index (χ2n) is 15.4. The molecule has 0 radical (unpaired) electrons. The number of rotatable bonds is 19. The molecule has 0 spiro atoms.